The first-order chi connectivity index (χ1) is 18.8. The molecule has 4 rings (SSSR count). The molecule has 8 nitrogen and oxygen atoms in total. The SMILES string of the molecule is Br.CCOc1cc2c(c(F)c1OCC)C(=N)N(CC(=O)c1cc(N3CCC(C)(O)CC3)c(OC)c(C(C)(C)C)c1)C2. The molecule has 1 fully saturated rings. The highest BCUT2D eigenvalue weighted by molar-refractivity contribution is 8.93. The van der Waals surface area contributed by atoms with E-state index in [1.54, 1.807) is 25.0 Å². The molecule has 2 N–H and O–H groups in total. The molecule has 0 aliphatic carbocycles. The number of ketones is 1. The number of rotatable bonds is 9. The van der Waals surface area contributed by atoms with Crippen LogP contribution in [0.25, 0.3) is 0 Å². The summed E-state index contributed by atoms with van der Waals surface area (Å²) in [6.07, 6.45) is 1.23. The molecule has 0 atom stereocenters. The van der Waals surface area contributed by atoms with Crippen molar-refractivity contribution in [2.45, 2.75) is 71.9 Å². The van der Waals surface area contributed by atoms with Gasteiger partial charge >= 0.3 is 0 Å². The third kappa shape index (κ3) is 6.64. The Kier molecular flexibility index (Phi) is 10.0. The van der Waals surface area contributed by atoms with Crippen molar-refractivity contribution in [1.29, 1.82) is 5.41 Å². The van der Waals surface area contributed by atoms with Gasteiger partial charge in [0.1, 0.15) is 11.6 Å². The van der Waals surface area contributed by atoms with Crippen molar-refractivity contribution in [2.75, 3.05) is 44.9 Å². The van der Waals surface area contributed by atoms with Gasteiger partial charge in [-0.15, -0.1) is 17.0 Å². The van der Waals surface area contributed by atoms with Crippen molar-refractivity contribution in [1.82, 2.24) is 4.90 Å². The second-order valence-electron chi connectivity index (χ2n) is 11.9. The number of ether oxygens (including phenoxy) is 3. The number of carbonyl (C=O) groups excluding carboxylic acids is 1. The molecule has 1 saturated heterocycles. The minimum absolute atomic E-state index is 0. The van der Waals surface area contributed by atoms with Crippen LogP contribution < -0.4 is 19.1 Å². The van der Waals surface area contributed by atoms with E-state index in [0.29, 0.717) is 49.4 Å². The number of anilines is 1. The summed E-state index contributed by atoms with van der Waals surface area (Å²) in [4.78, 5) is 17.5. The van der Waals surface area contributed by atoms with Crippen molar-refractivity contribution < 1.29 is 28.5 Å². The monoisotopic (exact) mass is 635 g/mol. The number of hydrogen-bond donors (Lipinski definition) is 2. The smallest absolute Gasteiger partial charge is 0.197 e. The Labute approximate surface area is 253 Å². The summed E-state index contributed by atoms with van der Waals surface area (Å²) in [5, 5.41) is 19.2. The predicted octanol–water partition coefficient (Wildman–Crippen LogP) is 5.88. The number of methoxy groups -OCH3 is 1. The third-order valence-corrected chi connectivity index (χ3v) is 7.69. The van der Waals surface area contributed by atoms with E-state index in [-0.39, 0.29) is 65.0 Å². The molecule has 0 bridgehead atoms. The van der Waals surface area contributed by atoms with Crippen LogP contribution >= 0.6 is 17.0 Å². The number of carbonyl (C=O) groups is 1. The molecule has 0 unspecified atom stereocenters. The summed E-state index contributed by atoms with van der Waals surface area (Å²) < 4.78 is 32.5. The zero-order chi connectivity index (χ0) is 29.4. The van der Waals surface area contributed by atoms with Crippen LogP contribution in [0.5, 0.6) is 17.2 Å². The predicted molar refractivity (Wildman–Crippen MR) is 164 cm³/mol. The van der Waals surface area contributed by atoms with Crippen molar-refractivity contribution >= 4 is 34.3 Å². The quantitative estimate of drug-likeness (QED) is 0.332. The second-order valence-corrected chi connectivity index (χ2v) is 11.9. The molecule has 226 valence electrons. The lowest BCUT2D eigenvalue weighted by Gasteiger charge is -2.38. The first kappa shape index (κ1) is 32.7. The third-order valence-electron chi connectivity index (χ3n) is 7.69. The summed E-state index contributed by atoms with van der Waals surface area (Å²) in [6, 6.07) is 5.43. The molecule has 2 aliphatic rings. The number of nitrogens with one attached hydrogen (secondary N) is 1. The van der Waals surface area contributed by atoms with Gasteiger partial charge in [0.25, 0.3) is 0 Å². The first-order valence-electron chi connectivity index (χ1n) is 14.0. The van der Waals surface area contributed by atoms with Gasteiger partial charge in [-0.2, -0.15) is 0 Å². The number of hydrogen-bond acceptors (Lipinski definition) is 7. The highest BCUT2D eigenvalue weighted by Crippen LogP contribution is 2.42. The average Bonchev–Trinajstić information content (AvgIpc) is 3.19. The molecule has 2 aromatic carbocycles. The van der Waals surface area contributed by atoms with Crippen LogP contribution in [-0.4, -0.2) is 67.2 Å². The zero-order valence-corrected chi connectivity index (χ0v) is 26.9. The van der Waals surface area contributed by atoms with E-state index >= 15 is 4.39 Å². The van der Waals surface area contributed by atoms with E-state index in [0.717, 1.165) is 17.0 Å². The van der Waals surface area contributed by atoms with Gasteiger partial charge in [0.2, 0.25) is 0 Å². The maximum Gasteiger partial charge on any atom is 0.197 e. The van der Waals surface area contributed by atoms with Crippen LogP contribution in [0.15, 0.2) is 18.2 Å². The molecule has 10 heteroatoms. The van der Waals surface area contributed by atoms with Gasteiger partial charge in [0, 0.05) is 30.8 Å². The molecule has 0 amide bonds. The van der Waals surface area contributed by atoms with Gasteiger partial charge in [0.15, 0.2) is 23.1 Å². The molecular formula is C31H43BrFN3O5. The minimum atomic E-state index is -0.714. The summed E-state index contributed by atoms with van der Waals surface area (Å²) in [5.41, 5.74) is 1.95. The summed E-state index contributed by atoms with van der Waals surface area (Å²) in [6.45, 7) is 13.7. The van der Waals surface area contributed by atoms with Gasteiger partial charge in [-0.25, -0.2) is 4.39 Å². The van der Waals surface area contributed by atoms with E-state index in [1.165, 1.54) is 0 Å². The van der Waals surface area contributed by atoms with E-state index in [1.807, 2.05) is 26.0 Å². The van der Waals surface area contributed by atoms with Gasteiger partial charge in [-0.05, 0) is 62.8 Å². The number of fused-ring (bicyclic) bond motifs is 1. The van der Waals surface area contributed by atoms with Crippen LogP contribution in [0.2, 0.25) is 0 Å². The number of aliphatic hydroxyl groups is 1. The second kappa shape index (κ2) is 12.6. The number of nitrogens with zero attached hydrogens (tertiary/aromatic N) is 2. The van der Waals surface area contributed by atoms with E-state index in [9.17, 15) is 9.90 Å². The largest absolute Gasteiger partial charge is 0.494 e. The van der Waals surface area contributed by atoms with Crippen LogP contribution in [0.4, 0.5) is 10.1 Å². The van der Waals surface area contributed by atoms with Crippen LogP contribution in [-0.2, 0) is 12.0 Å². The van der Waals surface area contributed by atoms with E-state index in [4.69, 9.17) is 19.6 Å². The zero-order valence-electron chi connectivity index (χ0n) is 25.1. The Morgan fingerprint density at radius 3 is 2.29 bits per heavy atom. The molecule has 41 heavy (non-hydrogen) atoms. The van der Waals surface area contributed by atoms with E-state index in [2.05, 4.69) is 25.7 Å². The summed E-state index contributed by atoms with van der Waals surface area (Å²) >= 11 is 0. The normalized spacial score (nSPS) is 16.3. The average molecular weight is 637 g/mol. The van der Waals surface area contributed by atoms with Gasteiger partial charge in [-0.3, -0.25) is 10.2 Å². The highest BCUT2D eigenvalue weighted by atomic mass is 79.9. The number of Topliss-reactive ketones (excluding diaryl/α,β-unsaturated/α-hetero) is 1. The topological polar surface area (TPSA) is 95.3 Å². The van der Waals surface area contributed by atoms with E-state index < -0.39 is 11.4 Å². The first-order valence-corrected chi connectivity index (χ1v) is 14.0. The number of benzene rings is 2. The molecule has 2 aliphatic heterocycles. The lowest BCUT2D eigenvalue weighted by molar-refractivity contribution is 0.0350. The molecule has 2 aromatic rings. The fourth-order valence-electron chi connectivity index (χ4n) is 5.43. The van der Waals surface area contributed by atoms with Crippen molar-refractivity contribution in [2.24, 2.45) is 0 Å². The summed E-state index contributed by atoms with van der Waals surface area (Å²) in [5.74, 6) is 0.165. The Hall–Kier alpha value is -2.85. The maximum atomic E-state index is 15.5. The van der Waals surface area contributed by atoms with Gasteiger partial charge in [-0.1, -0.05) is 20.8 Å². The molecule has 0 spiro atoms. The van der Waals surface area contributed by atoms with Crippen molar-refractivity contribution in [3.63, 3.8) is 0 Å². The summed E-state index contributed by atoms with van der Waals surface area (Å²) in [7, 11) is 1.64. The fraction of sp³-hybridized carbons (Fsp3) is 0.548. The molecule has 0 aromatic heterocycles. The lowest BCUT2D eigenvalue weighted by Crippen LogP contribution is -2.42. The Morgan fingerprint density at radius 1 is 1.10 bits per heavy atom. The molecule has 0 radical (unpaired) electrons. The standard InChI is InChI=1S/C31H42FN3O5.BrH/c1-8-39-24-16-20-17-35(29(33)25(20)26(32)28(24)40-9-2)18-23(36)19-14-21(30(3,4)5)27(38-7)22(15-19)34-12-10-31(6,37)11-13-34;/h14-16,33,37H,8-13,17-18H2,1-7H3;1H. The minimum Gasteiger partial charge on any atom is -0.494 e. The molecular weight excluding hydrogens is 593 g/mol. The Balaban J connectivity index is 0.00000462. The van der Waals surface area contributed by atoms with Crippen LogP contribution in [0.3, 0.4) is 0 Å². The number of piperidine rings is 1. The number of halogens is 2. The Morgan fingerprint density at radius 2 is 1.73 bits per heavy atom. The van der Waals surface area contributed by atoms with Crippen molar-refractivity contribution in [3.05, 3.63) is 46.3 Å². The Bertz CT molecular complexity index is 1300. The maximum absolute atomic E-state index is 15.5. The molecule has 0 saturated carbocycles. The van der Waals surface area contributed by atoms with Gasteiger partial charge < -0.3 is 29.1 Å². The van der Waals surface area contributed by atoms with Crippen LogP contribution in [0.1, 0.15) is 81.4 Å². The highest BCUT2D eigenvalue weighted by Gasteiger charge is 2.35. The van der Waals surface area contributed by atoms with Crippen LogP contribution in [0, 0.1) is 11.2 Å². The fourth-order valence-corrected chi connectivity index (χ4v) is 5.43. The number of amidine groups is 1. The molecule has 2 heterocycles. The van der Waals surface area contributed by atoms with Crippen molar-refractivity contribution in [3.8, 4) is 17.2 Å². The lowest BCUT2D eigenvalue weighted by atomic mass is 9.83. The van der Waals surface area contributed by atoms with Gasteiger partial charge in [0.05, 0.1) is 43.7 Å².